The summed E-state index contributed by atoms with van der Waals surface area (Å²) in [6, 6.07) is 10.7. The van der Waals surface area contributed by atoms with Crippen LogP contribution in [0, 0.1) is 5.92 Å². The van der Waals surface area contributed by atoms with Crippen LogP contribution in [0.1, 0.15) is 26.3 Å². The lowest BCUT2D eigenvalue weighted by Gasteiger charge is -2.34. The minimum atomic E-state index is -0.900. The van der Waals surface area contributed by atoms with Gasteiger partial charge in [0.2, 0.25) is 0 Å². The van der Waals surface area contributed by atoms with Crippen LogP contribution in [0.3, 0.4) is 0 Å². The molecule has 1 heterocycles. The van der Waals surface area contributed by atoms with Crippen molar-refractivity contribution < 1.29 is 0 Å². The van der Waals surface area contributed by atoms with Gasteiger partial charge in [-0.1, -0.05) is 51.1 Å². The zero-order chi connectivity index (χ0) is 13.0. The van der Waals surface area contributed by atoms with E-state index in [1.54, 1.807) is 0 Å². The molecule has 1 aliphatic rings. The molecule has 1 nitrogen and oxygen atoms in total. The van der Waals surface area contributed by atoms with Gasteiger partial charge in [-0.3, -0.25) is 4.72 Å². The predicted molar refractivity (Wildman–Crippen MR) is 84.5 cm³/mol. The van der Waals surface area contributed by atoms with Crippen LogP contribution in [0.5, 0.6) is 0 Å². The average Bonchev–Trinajstić information content (AvgIpc) is 2.74. The first kappa shape index (κ1) is 13.4. The van der Waals surface area contributed by atoms with Crippen LogP contribution in [0.25, 0.3) is 5.57 Å². The Morgan fingerprint density at radius 2 is 1.89 bits per heavy atom. The summed E-state index contributed by atoms with van der Waals surface area (Å²) in [5.74, 6) is 1.95. The van der Waals surface area contributed by atoms with Gasteiger partial charge in [0.1, 0.15) is 0 Å². The molecule has 0 radical (unpaired) electrons. The Bertz CT molecular complexity index is 447. The molecule has 18 heavy (non-hydrogen) atoms. The molecule has 0 spiro atoms. The maximum Gasteiger partial charge on any atom is 0.00210 e. The number of allylic oxidation sites excluding steroid dienone is 2. The fraction of sp³-hybridized carbons (Fsp3) is 0.375. The molecule has 1 aliphatic heterocycles. The second-order valence-electron chi connectivity index (χ2n) is 5.15. The van der Waals surface area contributed by atoms with Crippen molar-refractivity contribution in [2.75, 3.05) is 12.3 Å². The maximum absolute atomic E-state index is 3.71. The third kappa shape index (κ3) is 3.06. The van der Waals surface area contributed by atoms with Crippen molar-refractivity contribution in [3.8, 4) is 0 Å². The molecule has 1 unspecified atom stereocenters. The van der Waals surface area contributed by atoms with Gasteiger partial charge in [-0.15, -0.1) is 10.2 Å². The first-order chi connectivity index (χ1) is 8.65. The van der Waals surface area contributed by atoms with Gasteiger partial charge in [-0.05, 0) is 39.7 Å². The predicted octanol–water partition coefficient (Wildman–Crippen LogP) is 4.54. The standard InChI is InChI=1S/C16H23NS/c1-4-17-18(12-14(2)3)11-10-16(13-18)15-8-6-5-7-9-15/h5-11,13-14,17H,4,12H2,1-3H3. The Balaban J connectivity index is 2.26. The van der Waals surface area contributed by atoms with Crippen molar-refractivity contribution >= 4 is 15.8 Å². The number of benzene rings is 1. The van der Waals surface area contributed by atoms with Gasteiger partial charge in [0.05, 0.1) is 0 Å². The average molecular weight is 261 g/mol. The van der Waals surface area contributed by atoms with Gasteiger partial charge < -0.3 is 0 Å². The Kier molecular flexibility index (Phi) is 4.31. The van der Waals surface area contributed by atoms with Gasteiger partial charge in [0.25, 0.3) is 0 Å². The first-order valence-electron chi connectivity index (χ1n) is 6.66. The smallest absolute Gasteiger partial charge is 0.00210 e. The van der Waals surface area contributed by atoms with E-state index in [1.807, 2.05) is 0 Å². The van der Waals surface area contributed by atoms with Gasteiger partial charge in [0.15, 0.2) is 0 Å². The minimum absolute atomic E-state index is 0.718. The summed E-state index contributed by atoms with van der Waals surface area (Å²) in [4.78, 5) is 0. The second kappa shape index (κ2) is 5.77. The van der Waals surface area contributed by atoms with E-state index in [4.69, 9.17) is 0 Å². The van der Waals surface area contributed by atoms with Gasteiger partial charge >= 0.3 is 0 Å². The summed E-state index contributed by atoms with van der Waals surface area (Å²) < 4.78 is 3.71. The molecule has 0 aromatic heterocycles. The fourth-order valence-electron chi connectivity index (χ4n) is 2.37. The van der Waals surface area contributed by atoms with Crippen molar-refractivity contribution in [2.45, 2.75) is 20.8 Å². The molecule has 0 saturated carbocycles. The van der Waals surface area contributed by atoms with E-state index < -0.39 is 10.2 Å². The molecule has 1 N–H and O–H groups in total. The minimum Gasteiger partial charge on any atom is -0.274 e. The summed E-state index contributed by atoms with van der Waals surface area (Å²) in [6.07, 6.45) is 2.29. The molecule has 1 aromatic rings. The molecular weight excluding hydrogens is 238 g/mol. The van der Waals surface area contributed by atoms with Crippen LogP contribution in [-0.4, -0.2) is 12.3 Å². The van der Waals surface area contributed by atoms with Gasteiger partial charge in [-0.2, -0.15) is 0 Å². The van der Waals surface area contributed by atoms with Crippen LogP contribution < -0.4 is 4.72 Å². The van der Waals surface area contributed by atoms with Crippen LogP contribution in [-0.2, 0) is 0 Å². The molecule has 0 aliphatic carbocycles. The van der Waals surface area contributed by atoms with Gasteiger partial charge in [0, 0.05) is 6.54 Å². The SMILES string of the molecule is CCNS1(CC(C)C)C=CC(c2ccccc2)=C1. The Morgan fingerprint density at radius 3 is 2.50 bits per heavy atom. The van der Waals surface area contributed by atoms with Crippen molar-refractivity contribution in [3.63, 3.8) is 0 Å². The Labute approximate surface area is 112 Å². The summed E-state index contributed by atoms with van der Waals surface area (Å²) in [6.45, 7) is 7.82. The number of hydrogen-bond acceptors (Lipinski definition) is 1. The van der Waals surface area contributed by atoms with Gasteiger partial charge in [-0.25, -0.2) is 0 Å². The highest BCUT2D eigenvalue weighted by Crippen LogP contribution is 2.54. The molecule has 0 bridgehead atoms. The molecule has 1 aromatic carbocycles. The van der Waals surface area contributed by atoms with Crippen LogP contribution >= 0.6 is 10.2 Å². The highest BCUT2D eigenvalue weighted by atomic mass is 32.3. The van der Waals surface area contributed by atoms with E-state index in [0.717, 1.165) is 12.5 Å². The van der Waals surface area contributed by atoms with E-state index in [2.05, 4.69) is 72.7 Å². The van der Waals surface area contributed by atoms with E-state index in [-0.39, 0.29) is 0 Å². The fourth-order valence-corrected chi connectivity index (χ4v) is 5.65. The van der Waals surface area contributed by atoms with E-state index in [1.165, 1.54) is 16.9 Å². The summed E-state index contributed by atoms with van der Waals surface area (Å²) in [5, 5.41) is 4.87. The molecule has 1 atom stereocenters. The highest BCUT2D eigenvalue weighted by molar-refractivity contribution is 8.37. The van der Waals surface area contributed by atoms with Crippen LogP contribution in [0.4, 0.5) is 0 Å². The summed E-state index contributed by atoms with van der Waals surface area (Å²) >= 11 is 0. The Hall–Kier alpha value is -0.990. The molecular formula is C16H23NS. The Morgan fingerprint density at radius 1 is 1.17 bits per heavy atom. The molecule has 0 saturated heterocycles. The lowest BCUT2D eigenvalue weighted by Crippen LogP contribution is -2.21. The second-order valence-corrected chi connectivity index (χ2v) is 7.98. The zero-order valence-corrected chi connectivity index (χ0v) is 12.3. The van der Waals surface area contributed by atoms with E-state index in [9.17, 15) is 0 Å². The number of rotatable bonds is 5. The lowest BCUT2D eigenvalue weighted by molar-refractivity contribution is 0.743. The van der Waals surface area contributed by atoms with Crippen molar-refractivity contribution in [2.24, 2.45) is 5.92 Å². The number of hydrogen-bond donors (Lipinski definition) is 1. The largest absolute Gasteiger partial charge is 0.274 e. The summed E-state index contributed by atoms with van der Waals surface area (Å²) in [5.41, 5.74) is 2.69. The maximum atomic E-state index is 3.71. The zero-order valence-electron chi connectivity index (χ0n) is 11.5. The molecule has 2 rings (SSSR count). The van der Waals surface area contributed by atoms with Crippen LogP contribution in [0.2, 0.25) is 0 Å². The quantitative estimate of drug-likeness (QED) is 0.820. The third-order valence-corrected chi connectivity index (χ3v) is 6.30. The highest BCUT2D eigenvalue weighted by Gasteiger charge is 2.23. The third-order valence-electron chi connectivity index (χ3n) is 2.96. The topological polar surface area (TPSA) is 12.0 Å². The van der Waals surface area contributed by atoms with Crippen molar-refractivity contribution in [3.05, 3.63) is 52.8 Å². The van der Waals surface area contributed by atoms with E-state index >= 15 is 0 Å². The number of nitrogens with one attached hydrogen (secondary N) is 1. The van der Waals surface area contributed by atoms with Crippen molar-refractivity contribution in [1.82, 2.24) is 4.72 Å². The molecule has 0 fully saturated rings. The lowest BCUT2D eigenvalue weighted by atomic mass is 10.1. The van der Waals surface area contributed by atoms with E-state index in [0.29, 0.717) is 0 Å². The molecule has 2 heteroatoms. The monoisotopic (exact) mass is 261 g/mol. The molecule has 98 valence electrons. The summed E-state index contributed by atoms with van der Waals surface area (Å²) in [7, 11) is -0.900. The first-order valence-corrected chi connectivity index (χ1v) is 8.59. The van der Waals surface area contributed by atoms with Crippen molar-refractivity contribution in [1.29, 1.82) is 0 Å². The molecule has 0 amide bonds. The van der Waals surface area contributed by atoms with Crippen LogP contribution in [0.15, 0.2) is 47.2 Å². The normalized spacial score (nSPS) is 26.1.